The van der Waals surface area contributed by atoms with Crippen LogP contribution in [-0.2, 0) is 27.5 Å². The van der Waals surface area contributed by atoms with Crippen LogP contribution in [0.1, 0.15) is 40.7 Å². The molecule has 33 heavy (non-hydrogen) atoms. The third kappa shape index (κ3) is 4.84. The molecule has 0 saturated carbocycles. The average molecular weight is 449 g/mol. The normalized spacial score (nSPS) is 18.0. The van der Waals surface area contributed by atoms with Crippen molar-refractivity contribution in [2.24, 2.45) is 0 Å². The van der Waals surface area contributed by atoms with Gasteiger partial charge in [0, 0.05) is 44.9 Å². The molecule has 4 rings (SSSR count). The summed E-state index contributed by atoms with van der Waals surface area (Å²) in [5.74, 6) is -0.241. The number of aliphatic hydroxyl groups excluding tert-OH is 1. The zero-order chi connectivity index (χ0) is 23.5. The fourth-order valence-electron chi connectivity index (χ4n) is 4.04. The molecule has 1 aliphatic heterocycles. The van der Waals surface area contributed by atoms with Gasteiger partial charge in [-0.1, -0.05) is 42.5 Å². The Balaban J connectivity index is 1.64. The second kappa shape index (κ2) is 9.60. The molecule has 1 aromatic heterocycles. The van der Waals surface area contributed by atoms with E-state index < -0.39 is 6.29 Å². The molecule has 0 unspecified atom stereocenters. The summed E-state index contributed by atoms with van der Waals surface area (Å²) >= 11 is 0. The molecule has 172 valence electrons. The molecule has 2 atom stereocenters. The first-order valence-electron chi connectivity index (χ1n) is 10.9. The van der Waals surface area contributed by atoms with Crippen LogP contribution >= 0.6 is 0 Å². The third-order valence-corrected chi connectivity index (χ3v) is 5.80. The molecule has 1 aliphatic rings. The predicted molar refractivity (Wildman–Crippen MR) is 124 cm³/mol. The minimum Gasteiger partial charge on any atom is -0.459 e. The van der Waals surface area contributed by atoms with E-state index >= 15 is 0 Å². The SMILES string of the molecule is CC(=O)n1cc([C@H]2C=C(C(=O)N(C)C)O[C@@H](OCc3ccc(CO)cc3)C2)c2ccccc21. The van der Waals surface area contributed by atoms with Crippen LogP contribution in [0.15, 0.2) is 66.6 Å². The number of para-hydroxylation sites is 1. The number of fused-ring (bicyclic) bond motifs is 1. The number of amides is 1. The van der Waals surface area contributed by atoms with Crippen molar-refractivity contribution in [3.05, 3.63) is 83.3 Å². The number of likely N-dealkylation sites (N-methyl/N-ethyl adjacent to an activating group) is 1. The van der Waals surface area contributed by atoms with Crippen LogP contribution in [0, 0.1) is 0 Å². The Hall–Kier alpha value is -3.42. The standard InChI is InChI=1S/C26H28N2O5/c1-17(30)28-14-22(21-6-4-5-7-23(21)28)20-12-24(26(31)27(2)3)33-25(13-20)32-16-19-10-8-18(15-29)9-11-19/h4-12,14,20,25,29H,13,15-16H2,1-3H3/t20-,25+/m0/s1. The van der Waals surface area contributed by atoms with Gasteiger partial charge < -0.3 is 19.5 Å². The van der Waals surface area contributed by atoms with E-state index in [1.807, 2.05) is 60.8 Å². The van der Waals surface area contributed by atoms with E-state index in [0.29, 0.717) is 13.0 Å². The number of hydrogen-bond acceptors (Lipinski definition) is 5. The monoisotopic (exact) mass is 448 g/mol. The lowest BCUT2D eigenvalue weighted by Crippen LogP contribution is -2.32. The van der Waals surface area contributed by atoms with Gasteiger partial charge in [0.05, 0.1) is 18.7 Å². The lowest BCUT2D eigenvalue weighted by atomic mass is 9.92. The second-order valence-electron chi connectivity index (χ2n) is 8.40. The minimum atomic E-state index is -0.629. The van der Waals surface area contributed by atoms with Gasteiger partial charge in [-0.2, -0.15) is 0 Å². The Labute approximate surface area is 192 Å². The van der Waals surface area contributed by atoms with Crippen LogP contribution < -0.4 is 0 Å². The van der Waals surface area contributed by atoms with E-state index in [9.17, 15) is 14.7 Å². The Morgan fingerprint density at radius 3 is 2.48 bits per heavy atom. The fourth-order valence-corrected chi connectivity index (χ4v) is 4.04. The molecule has 7 nitrogen and oxygen atoms in total. The van der Waals surface area contributed by atoms with Crippen molar-refractivity contribution >= 4 is 22.7 Å². The summed E-state index contributed by atoms with van der Waals surface area (Å²) in [6, 6.07) is 15.2. The molecule has 0 spiro atoms. The minimum absolute atomic E-state index is 0.0107. The quantitative estimate of drug-likeness (QED) is 0.620. The number of allylic oxidation sites excluding steroid dienone is 1. The van der Waals surface area contributed by atoms with Crippen molar-refractivity contribution in [2.75, 3.05) is 14.1 Å². The smallest absolute Gasteiger partial charge is 0.288 e. The first kappa shape index (κ1) is 22.8. The number of ether oxygens (including phenoxy) is 2. The van der Waals surface area contributed by atoms with Gasteiger partial charge in [-0.15, -0.1) is 0 Å². The third-order valence-electron chi connectivity index (χ3n) is 5.80. The molecule has 1 amide bonds. The van der Waals surface area contributed by atoms with Gasteiger partial charge in [-0.25, -0.2) is 0 Å². The zero-order valence-electron chi connectivity index (χ0n) is 19.0. The molecule has 0 bridgehead atoms. The highest BCUT2D eigenvalue weighted by molar-refractivity contribution is 5.95. The molecule has 2 aromatic carbocycles. The van der Waals surface area contributed by atoms with Crippen molar-refractivity contribution < 1.29 is 24.2 Å². The summed E-state index contributed by atoms with van der Waals surface area (Å²) in [6.07, 6.45) is 3.55. The Bertz CT molecular complexity index is 1190. The van der Waals surface area contributed by atoms with Gasteiger partial charge in [-0.3, -0.25) is 14.2 Å². The maximum Gasteiger partial charge on any atom is 0.288 e. The summed E-state index contributed by atoms with van der Waals surface area (Å²) < 4.78 is 13.6. The maximum absolute atomic E-state index is 12.7. The molecule has 7 heteroatoms. The first-order chi connectivity index (χ1) is 15.9. The van der Waals surface area contributed by atoms with Gasteiger partial charge >= 0.3 is 0 Å². The highest BCUT2D eigenvalue weighted by Crippen LogP contribution is 2.37. The molecule has 0 radical (unpaired) electrons. The largest absolute Gasteiger partial charge is 0.459 e. The van der Waals surface area contributed by atoms with E-state index in [4.69, 9.17) is 9.47 Å². The lowest BCUT2D eigenvalue weighted by Gasteiger charge is -2.30. The van der Waals surface area contributed by atoms with E-state index in [2.05, 4.69) is 0 Å². The van der Waals surface area contributed by atoms with Gasteiger partial charge in [0.2, 0.25) is 12.2 Å². The van der Waals surface area contributed by atoms with Crippen molar-refractivity contribution in [1.82, 2.24) is 9.47 Å². The summed E-state index contributed by atoms with van der Waals surface area (Å²) in [4.78, 5) is 26.4. The molecule has 0 aliphatic carbocycles. The van der Waals surface area contributed by atoms with Crippen molar-refractivity contribution in [3.8, 4) is 0 Å². The van der Waals surface area contributed by atoms with E-state index in [-0.39, 0.29) is 30.1 Å². The van der Waals surface area contributed by atoms with Gasteiger partial charge in [0.1, 0.15) is 0 Å². The predicted octanol–water partition coefficient (Wildman–Crippen LogP) is 3.81. The Kier molecular flexibility index (Phi) is 6.62. The molecule has 3 aromatic rings. The van der Waals surface area contributed by atoms with E-state index in [1.165, 1.54) is 11.8 Å². The van der Waals surface area contributed by atoms with Crippen LogP contribution in [0.4, 0.5) is 0 Å². The number of carbonyl (C=O) groups is 2. The molecule has 0 fully saturated rings. The number of aliphatic hydroxyl groups is 1. The van der Waals surface area contributed by atoms with Crippen LogP contribution in [0.2, 0.25) is 0 Å². The highest BCUT2D eigenvalue weighted by Gasteiger charge is 2.31. The van der Waals surface area contributed by atoms with Crippen LogP contribution in [-0.4, -0.2) is 46.8 Å². The van der Waals surface area contributed by atoms with Gasteiger partial charge in [-0.05, 0) is 28.8 Å². The van der Waals surface area contributed by atoms with Crippen LogP contribution in [0.5, 0.6) is 0 Å². The van der Waals surface area contributed by atoms with Crippen LogP contribution in [0.3, 0.4) is 0 Å². The highest BCUT2D eigenvalue weighted by atomic mass is 16.7. The number of aromatic nitrogens is 1. The van der Waals surface area contributed by atoms with E-state index in [0.717, 1.165) is 27.6 Å². The lowest BCUT2D eigenvalue weighted by molar-refractivity contribution is -0.154. The molecule has 1 N–H and O–H groups in total. The number of hydrogen-bond donors (Lipinski definition) is 1. The molecule has 2 heterocycles. The Morgan fingerprint density at radius 2 is 1.82 bits per heavy atom. The van der Waals surface area contributed by atoms with Gasteiger partial charge in [0.15, 0.2) is 5.76 Å². The maximum atomic E-state index is 12.7. The zero-order valence-corrected chi connectivity index (χ0v) is 19.0. The molecular formula is C26H28N2O5. The number of rotatable bonds is 6. The molecule has 0 saturated heterocycles. The van der Waals surface area contributed by atoms with Crippen molar-refractivity contribution in [2.45, 2.75) is 38.8 Å². The van der Waals surface area contributed by atoms with Crippen molar-refractivity contribution in [3.63, 3.8) is 0 Å². The second-order valence-corrected chi connectivity index (χ2v) is 8.40. The van der Waals surface area contributed by atoms with Crippen LogP contribution in [0.25, 0.3) is 10.9 Å². The topological polar surface area (TPSA) is 81.0 Å². The summed E-state index contributed by atoms with van der Waals surface area (Å²) in [5, 5.41) is 10.2. The first-order valence-corrected chi connectivity index (χ1v) is 10.9. The summed E-state index contributed by atoms with van der Waals surface area (Å²) in [7, 11) is 3.35. The molecular weight excluding hydrogens is 420 g/mol. The Morgan fingerprint density at radius 1 is 1.12 bits per heavy atom. The summed E-state index contributed by atoms with van der Waals surface area (Å²) in [5.41, 5.74) is 3.56. The van der Waals surface area contributed by atoms with Gasteiger partial charge in [0.25, 0.3) is 5.91 Å². The average Bonchev–Trinajstić information content (AvgIpc) is 3.22. The number of nitrogens with zero attached hydrogens (tertiary/aromatic N) is 2. The van der Waals surface area contributed by atoms with E-state index in [1.54, 1.807) is 18.7 Å². The van der Waals surface area contributed by atoms with Crippen molar-refractivity contribution in [1.29, 1.82) is 0 Å². The number of benzene rings is 2. The fraction of sp³-hybridized carbons (Fsp3) is 0.308. The summed E-state index contributed by atoms with van der Waals surface area (Å²) in [6.45, 7) is 1.83. The number of carbonyl (C=O) groups excluding carboxylic acids is 2.